The van der Waals surface area contributed by atoms with Crippen molar-refractivity contribution in [1.82, 2.24) is 10.2 Å². The molecular formula is C14H22N2O. The molecule has 1 aliphatic rings. The van der Waals surface area contributed by atoms with Gasteiger partial charge in [0, 0.05) is 24.7 Å². The maximum Gasteiger partial charge on any atom is 0.122 e. The van der Waals surface area contributed by atoms with Crippen molar-refractivity contribution in [3.05, 3.63) is 36.3 Å². The summed E-state index contributed by atoms with van der Waals surface area (Å²) in [4.78, 5) is 2.48. The summed E-state index contributed by atoms with van der Waals surface area (Å²) < 4.78 is 5.53. The van der Waals surface area contributed by atoms with Crippen molar-refractivity contribution in [3.63, 3.8) is 0 Å². The molecule has 0 unspecified atom stereocenters. The molecule has 1 fully saturated rings. The van der Waals surface area contributed by atoms with E-state index in [9.17, 15) is 0 Å². The molecule has 17 heavy (non-hydrogen) atoms. The first kappa shape index (κ1) is 12.4. The maximum absolute atomic E-state index is 5.53. The molecule has 1 N–H and O–H groups in total. The summed E-state index contributed by atoms with van der Waals surface area (Å²) in [5.74, 6) is 1.07. The zero-order valence-electron chi connectivity index (χ0n) is 10.6. The topological polar surface area (TPSA) is 28.4 Å². The lowest BCUT2D eigenvalue weighted by Crippen LogP contribution is -2.26. The van der Waals surface area contributed by atoms with E-state index in [2.05, 4.69) is 29.8 Å². The van der Waals surface area contributed by atoms with E-state index < -0.39 is 0 Å². The lowest BCUT2D eigenvalue weighted by Gasteiger charge is -2.19. The number of hydrogen-bond acceptors (Lipinski definition) is 3. The van der Waals surface area contributed by atoms with E-state index in [0.717, 1.165) is 38.0 Å². The van der Waals surface area contributed by atoms with Crippen molar-refractivity contribution in [2.45, 2.75) is 38.9 Å². The van der Waals surface area contributed by atoms with E-state index in [4.69, 9.17) is 4.42 Å². The summed E-state index contributed by atoms with van der Waals surface area (Å²) in [7, 11) is 0. The number of rotatable bonds is 8. The molecule has 1 saturated carbocycles. The van der Waals surface area contributed by atoms with Crippen LogP contribution in [0.15, 0.2) is 29.4 Å². The Kier molecular flexibility index (Phi) is 4.40. The fourth-order valence-electron chi connectivity index (χ4n) is 2.07. The van der Waals surface area contributed by atoms with Gasteiger partial charge in [0.2, 0.25) is 0 Å². The second kappa shape index (κ2) is 6.03. The first-order valence-electron chi connectivity index (χ1n) is 6.46. The smallest absolute Gasteiger partial charge is 0.122 e. The minimum Gasteiger partial charge on any atom is -0.468 e. The van der Waals surface area contributed by atoms with Crippen molar-refractivity contribution in [2.24, 2.45) is 0 Å². The average Bonchev–Trinajstić information content (AvgIpc) is 3.08. The molecule has 1 heterocycles. The monoisotopic (exact) mass is 234 g/mol. The summed E-state index contributed by atoms with van der Waals surface area (Å²) in [6, 6.07) is 2.85. The van der Waals surface area contributed by atoms with Crippen LogP contribution in [0.5, 0.6) is 0 Å². The van der Waals surface area contributed by atoms with Crippen LogP contribution in [0.2, 0.25) is 0 Å². The Morgan fingerprint density at radius 3 is 3.06 bits per heavy atom. The molecule has 1 aliphatic carbocycles. The van der Waals surface area contributed by atoms with Crippen LogP contribution in [0.1, 0.15) is 31.1 Å². The van der Waals surface area contributed by atoms with Gasteiger partial charge in [-0.3, -0.25) is 4.90 Å². The molecule has 94 valence electrons. The third kappa shape index (κ3) is 3.45. The average molecular weight is 234 g/mol. The highest BCUT2D eigenvalue weighted by Gasteiger charge is 2.28. The van der Waals surface area contributed by atoms with Gasteiger partial charge in [-0.05, 0) is 25.5 Å². The zero-order chi connectivity index (χ0) is 12.1. The molecule has 0 radical (unpaired) electrons. The molecule has 0 spiro atoms. The van der Waals surface area contributed by atoms with Gasteiger partial charge < -0.3 is 9.73 Å². The summed E-state index contributed by atoms with van der Waals surface area (Å²) in [5, 5.41) is 3.31. The van der Waals surface area contributed by atoms with Gasteiger partial charge >= 0.3 is 0 Å². The van der Waals surface area contributed by atoms with Crippen molar-refractivity contribution < 1.29 is 4.42 Å². The molecule has 0 saturated heterocycles. The van der Waals surface area contributed by atoms with Crippen molar-refractivity contribution in [2.75, 3.05) is 13.1 Å². The molecule has 0 atom stereocenters. The minimum absolute atomic E-state index is 0.759. The normalized spacial score (nSPS) is 15.4. The molecule has 1 aromatic rings. The molecule has 3 nitrogen and oxygen atoms in total. The fourth-order valence-corrected chi connectivity index (χ4v) is 2.07. The van der Waals surface area contributed by atoms with Crippen molar-refractivity contribution in [1.29, 1.82) is 0 Å². The summed E-state index contributed by atoms with van der Waals surface area (Å²) in [6.45, 7) is 9.69. The van der Waals surface area contributed by atoms with Gasteiger partial charge in [-0.25, -0.2) is 0 Å². The molecule has 0 aliphatic heterocycles. The second-order valence-electron chi connectivity index (χ2n) is 4.60. The molecule has 3 heteroatoms. The molecule has 0 aromatic carbocycles. The zero-order valence-corrected chi connectivity index (χ0v) is 10.6. The predicted molar refractivity (Wildman–Crippen MR) is 69.7 cm³/mol. The van der Waals surface area contributed by atoms with E-state index in [-0.39, 0.29) is 0 Å². The third-order valence-corrected chi connectivity index (χ3v) is 3.17. The van der Waals surface area contributed by atoms with Gasteiger partial charge in [-0.2, -0.15) is 0 Å². The van der Waals surface area contributed by atoms with Crippen LogP contribution < -0.4 is 5.32 Å². The largest absolute Gasteiger partial charge is 0.468 e. The number of nitrogens with zero attached hydrogens (tertiary/aromatic N) is 1. The van der Waals surface area contributed by atoms with Crippen LogP contribution in [-0.4, -0.2) is 24.0 Å². The Balaban J connectivity index is 1.95. The number of nitrogens with one attached hydrogen (secondary N) is 1. The van der Waals surface area contributed by atoms with Gasteiger partial charge in [-0.1, -0.05) is 13.0 Å². The Hall–Kier alpha value is -1.06. The van der Waals surface area contributed by atoms with E-state index in [1.165, 1.54) is 18.4 Å². The number of furan rings is 1. The highest BCUT2D eigenvalue weighted by molar-refractivity contribution is 5.17. The predicted octanol–water partition coefficient (Wildman–Crippen LogP) is 2.54. The van der Waals surface area contributed by atoms with Crippen LogP contribution in [0.4, 0.5) is 0 Å². The van der Waals surface area contributed by atoms with Crippen molar-refractivity contribution in [3.8, 4) is 0 Å². The van der Waals surface area contributed by atoms with Crippen LogP contribution in [0.25, 0.3) is 0 Å². The Labute approximate surface area is 103 Å². The summed E-state index contributed by atoms with van der Waals surface area (Å²) in [5.41, 5.74) is 1.31. The highest BCUT2D eigenvalue weighted by atomic mass is 16.3. The van der Waals surface area contributed by atoms with Gasteiger partial charge in [0.1, 0.15) is 5.76 Å². The molecular weight excluding hydrogens is 212 g/mol. The van der Waals surface area contributed by atoms with Crippen LogP contribution >= 0.6 is 0 Å². The first-order chi connectivity index (χ1) is 8.35. The van der Waals surface area contributed by atoms with E-state index >= 15 is 0 Å². The van der Waals surface area contributed by atoms with Gasteiger partial charge in [-0.15, -0.1) is 6.58 Å². The second-order valence-corrected chi connectivity index (χ2v) is 4.60. The number of hydrogen-bond donors (Lipinski definition) is 1. The molecule has 1 aromatic heterocycles. The Bertz CT molecular complexity index is 355. The van der Waals surface area contributed by atoms with E-state index in [0.29, 0.717) is 0 Å². The van der Waals surface area contributed by atoms with Gasteiger partial charge in [0.25, 0.3) is 0 Å². The van der Waals surface area contributed by atoms with Crippen LogP contribution in [0.3, 0.4) is 0 Å². The molecule has 2 rings (SSSR count). The maximum atomic E-state index is 5.53. The van der Waals surface area contributed by atoms with Gasteiger partial charge in [0.15, 0.2) is 0 Å². The first-order valence-corrected chi connectivity index (χ1v) is 6.46. The van der Waals surface area contributed by atoms with Crippen molar-refractivity contribution >= 4 is 0 Å². The Morgan fingerprint density at radius 1 is 1.59 bits per heavy atom. The summed E-state index contributed by atoms with van der Waals surface area (Å²) in [6.07, 6.45) is 6.44. The van der Waals surface area contributed by atoms with Gasteiger partial charge in [0.05, 0.1) is 12.8 Å². The van der Waals surface area contributed by atoms with Crippen LogP contribution in [0, 0.1) is 0 Å². The standard InChI is InChI=1S/C14H22N2O/c1-3-8-16(13-5-6-13)11-12-7-9-17-14(12)10-15-4-2/h3,7,9,13,15H,1,4-6,8,10-11H2,2H3. The van der Waals surface area contributed by atoms with E-state index in [1.807, 2.05) is 6.08 Å². The quantitative estimate of drug-likeness (QED) is 0.701. The van der Waals surface area contributed by atoms with Crippen LogP contribution in [-0.2, 0) is 13.1 Å². The SMILES string of the molecule is C=CCN(Cc1ccoc1CNCC)C1CC1. The molecule has 0 bridgehead atoms. The lowest BCUT2D eigenvalue weighted by molar-refractivity contribution is 0.280. The minimum atomic E-state index is 0.759. The Morgan fingerprint density at radius 2 is 2.41 bits per heavy atom. The summed E-state index contributed by atoms with van der Waals surface area (Å²) >= 11 is 0. The molecule has 0 amide bonds. The third-order valence-electron chi connectivity index (χ3n) is 3.17. The fraction of sp³-hybridized carbons (Fsp3) is 0.571. The lowest BCUT2D eigenvalue weighted by atomic mass is 10.2. The highest BCUT2D eigenvalue weighted by Crippen LogP contribution is 2.28. The van der Waals surface area contributed by atoms with E-state index in [1.54, 1.807) is 6.26 Å².